The molecule has 0 aromatic heterocycles. The van der Waals surface area contributed by atoms with E-state index >= 15 is 0 Å². The zero-order valence-electron chi connectivity index (χ0n) is 7.37. The predicted octanol–water partition coefficient (Wildman–Crippen LogP) is 2.85. The van der Waals surface area contributed by atoms with Crippen LogP contribution in [-0.2, 0) is 0 Å². The van der Waals surface area contributed by atoms with Gasteiger partial charge < -0.3 is 5.32 Å². The second-order valence-electron chi connectivity index (χ2n) is 3.18. The number of nitro benzene ring substituents is 1. The average Bonchev–Trinajstić information content (AvgIpc) is 2.17. The highest BCUT2D eigenvalue weighted by Gasteiger charge is 2.26. The summed E-state index contributed by atoms with van der Waals surface area (Å²) in [6, 6.07) is 5.12. The molecule has 74 valence electrons. The average molecular weight is 257 g/mol. The third-order valence-electron chi connectivity index (χ3n) is 2.31. The second kappa shape index (κ2) is 3.57. The van der Waals surface area contributed by atoms with Crippen LogP contribution in [0.25, 0.3) is 0 Å². The summed E-state index contributed by atoms with van der Waals surface area (Å²) >= 11 is 3.46. The number of benzene rings is 1. The molecule has 0 radical (unpaired) electrons. The van der Waals surface area contributed by atoms with Gasteiger partial charge in [0.15, 0.2) is 0 Å². The van der Waals surface area contributed by atoms with Crippen LogP contribution in [-0.4, -0.2) is 11.5 Å². The van der Waals surface area contributed by atoms with Crippen LogP contribution in [0.2, 0.25) is 0 Å². The van der Waals surface area contributed by atoms with Crippen molar-refractivity contribution in [3.8, 4) is 0 Å². The van der Waals surface area contributed by atoms with E-state index in [2.05, 4.69) is 21.2 Å². The molecule has 2 rings (SSSR count). The number of halogens is 1. The summed E-state index contributed by atoms with van der Waals surface area (Å²) in [6.45, 7) is 0.851. The molecule has 14 heavy (non-hydrogen) atoms. The first kappa shape index (κ1) is 9.45. The largest absolute Gasteiger partial charge is 0.385 e. The Labute approximate surface area is 89.6 Å². The minimum Gasteiger partial charge on any atom is -0.385 e. The standard InChI is InChI=1S/C9H9BrN2O2/c10-6-4-5-11-7-2-1-3-8(9(6)7)12(13)14/h1-3,6,11H,4-5H2. The minimum absolute atomic E-state index is 0.0837. The Morgan fingerprint density at radius 3 is 3.07 bits per heavy atom. The van der Waals surface area contributed by atoms with E-state index in [0.717, 1.165) is 24.2 Å². The molecule has 0 amide bonds. The van der Waals surface area contributed by atoms with Gasteiger partial charge in [0.1, 0.15) is 0 Å². The number of nitrogens with one attached hydrogen (secondary N) is 1. The monoisotopic (exact) mass is 256 g/mol. The summed E-state index contributed by atoms with van der Waals surface area (Å²) < 4.78 is 0. The van der Waals surface area contributed by atoms with Crippen LogP contribution in [0, 0.1) is 10.1 Å². The summed E-state index contributed by atoms with van der Waals surface area (Å²) in [4.78, 5) is 10.5. The lowest BCUT2D eigenvalue weighted by atomic mass is 10.0. The van der Waals surface area contributed by atoms with Crippen molar-refractivity contribution >= 4 is 27.3 Å². The van der Waals surface area contributed by atoms with Gasteiger partial charge in [0.25, 0.3) is 5.69 Å². The highest BCUT2D eigenvalue weighted by molar-refractivity contribution is 9.09. The van der Waals surface area contributed by atoms with Gasteiger partial charge in [-0.05, 0) is 12.5 Å². The molecule has 5 heteroatoms. The van der Waals surface area contributed by atoms with Crippen LogP contribution in [0.15, 0.2) is 18.2 Å². The maximum atomic E-state index is 10.8. The number of hydrogen-bond acceptors (Lipinski definition) is 3. The van der Waals surface area contributed by atoms with Crippen molar-refractivity contribution in [2.24, 2.45) is 0 Å². The maximum Gasteiger partial charge on any atom is 0.275 e. The Morgan fingerprint density at radius 2 is 2.36 bits per heavy atom. The highest BCUT2D eigenvalue weighted by Crippen LogP contribution is 2.41. The van der Waals surface area contributed by atoms with Gasteiger partial charge >= 0.3 is 0 Å². The first-order chi connectivity index (χ1) is 6.70. The fourth-order valence-electron chi connectivity index (χ4n) is 1.67. The number of alkyl halides is 1. The van der Waals surface area contributed by atoms with E-state index in [4.69, 9.17) is 0 Å². The highest BCUT2D eigenvalue weighted by atomic mass is 79.9. The quantitative estimate of drug-likeness (QED) is 0.478. The number of anilines is 1. The molecule has 1 atom stereocenters. The molecule has 1 N–H and O–H groups in total. The van der Waals surface area contributed by atoms with Crippen molar-refractivity contribution in [1.82, 2.24) is 0 Å². The Kier molecular flexibility index (Phi) is 2.41. The number of nitro groups is 1. The van der Waals surface area contributed by atoms with Crippen molar-refractivity contribution in [1.29, 1.82) is 0 Å². The second-order valence-corrected chi connectivity index (χ2v) is 4.28. The minimum atomic E-state index is -0.333. The van der Waals surface area contributed by atoms with E-state index < -0.39 is 0 Å². The first-order valence-corrected chi connectivity index (χ1v) is 5.27. The van der Waals surface area contributed by atoms with Crippen LogP contribution in [0.3, 0.4) is 0 Å². The fraction of sp³-hybridized carbons (Fsp3) is 0.333. The van der Waals surface area contributed by atoms with Crippen LogP contribution < -0.4 is 5.32 Å². The summed E-state index contributed by atoms with van der Waals surface area (Å²) in [5.41, 5.74) is 1.83. The molecule has 1 unspecified atom stereocenters. The first-order valence-electron chi connectivity index (χ1n) is 4.35. The molecule has 0 aliphatic carbocycles. The van der Waals surface area contributed by atoms with Gasteiger partial charge in [0.05, 0.1) is 15.3 Å². The van der Waals surface area contributed by atoms with Gasteiger partial charge in [0.2, 0.25) is 0 Å². The summed E-state index contributed by atoms with van der Waals surface area (Å²) in [7, 11) is 0. The maximum absolute atomic E-state index is 10.8. The third kappa shape index (κ3) is 1.48. The van der Waals surface area contributed by atoms with Crippen molar-refractivity contribution in [2.45, 2.75) is 11.2 Å². The van der Waals surface area contributed by atoms with Crippen LogP contribution in [0.5, 0.6) is 0 Å². The molecule has 1 aromatic carbocycles. The van der Waals surface area contributed by atoms with Crippen LogP contribution in [0.4, 0.5) is 11.4 Å². The van der Waals surface area contributed by atoms with E-state index in [1.165, 1.54) is 0 Å². The molecule has 1 aliphatic rings. The van der Waals surface area contributed by atoms with Crippen molar-refractivity contribution in [3.63, 3.8) is 0 Å². The molecular weight excluding hydrogens is 248 g/mol. The molecule has 0 spiro atoms. The zero-order chi connectivity index (χ0) is 10.1. The Bertz CT molecular complexity index is 381. The Balaban J connectivity index is 2.57. The molecule has 1 aromatic rings. The van der Waals surface area contributed by atoms with E-state index in [1.54, 1.807) is 12.1 Å². The lowest BCUT2D eigenvalue weighted by Gasteiger charge is -2.21. The number of nitrogens with zero attached hydrogens (tertiary/aromatic N) is 1. The smallest absolute Gasteiger partial charge is 0.275 e. The molecule has 0 fully saturated rings. The van der Waals surface area contributed by atoms with E-state index in [-0.39, 0.29) is 15.4 Å². The summed E-state index contributed by atoms with van der Waals surface area (Å²) in [6.07, 6.45) is 0.873. The SMILES string of the molecule is O=[N+]([O-])c1cccc2c1C(Br)CCN2. The van der Waals surface area contributed by atoms with Gasteiger partial charge in [-0.2, -0.15) is 0 Å². The predicted molar refractivity (Wildman–Crippen MR) is 57.9 cm³/mol. The van der Waals surface area contributed by atoms with Crippen molar-refractivity contribution in [2.75, 3.05) is 11.9 Å². The Hall–Kier alpha value is -1.10. The molecule has 4 nitrogen and oxygen atoms in total. The lowest BCUT2D eigenvalue weighted by molar-refractivity contribution is -0.385. The lowest BCUT2D eigenvalue weighted by Crippen LogP contribution is -2.14. The fourth-order valence-corrected chi connectivity index (χ4v) is 2.38. The molecule has 0 saturated carbocycles. The van der Waals surface area contributed by atoms with Gasteiger partial charge in [-0.25, -0.2) is 0 Å². The summed E-state index contributed by atoms with van der Waals surface area (Å²) in [5.74, 6) is 0. The number of hydrogen-bond donors (Lipinski definition) is 1. The van der Waals surface area contributed by atoms with E-state index in [0.29, 0.717) is 0 Å². The topological polar surface area (TPSA) is 55.2 Å². The van der Waals surface area contributed by atoms with Crippen LogP contribution in [0.1, 0.15) is 16.8 Å². The van der Waals surface area contributed by atoms with Gasteiger partial charge in [-0.3, -0.25) is 10.1 Å². The third-order valence-corrected chi connectivity index (χ3v) is 3.22. The van der Waals surface area contributed by atoms with Gasteiger partial charge in [-0.15, -0.1) is 0 Å². The summed E-state index contributed by atoms with van der Waals surface area (Å²) in [5, 5.41) is 13.9. The normalized spacial score (nSPS) is 19.6. The number of rotatable bonds is 1. The molecule has 0 bridgehead atoms. The van der Waals surface area contributed by atoms with Gasteiger partial charge in [0, 0.05) is 18.3 Å². The van der Waals surface area contributed by atoms with Crippen molar-refractivity contribution < 1.29 is 4.92 Å². The van der Waals surface area contributed by atoms with E-state index in [1.807, 2.05) is 6.07 Å². The van der Waals surface area contributed by atoms with Crippen molar-refractivity contribution in [3.05, 3.63) is 33.9 Å². The zero-order valence-corrected chi connectivity index (χ0v) is 8.95. The molecule has 1 heterocycles. The molecule has 0 saturated heterocycles. The Morgan fingerprint density at radius 1 is 1.57 bits per heavy atom. The molecule has 1 aliphatic heterocycles. The van der Waals surface area contributed by atoms with E-state index in [9.17, 15) is 10.1 Å². The van der Waals surface area contributed by atoms with Gasteiger partial charge in [-0.1, -0.05) is 22.0 Å². The molecular formula is C9H9BrN2O2. The number of fused-ring (bicyclic) bond motifs is 1. The van der Waals surface area contributed by atoms with Crippen LogP contribution >= 0.6 is 15.9 Å².